The van der Waals surface area contributed by atoms with Crippen molar-refractivity contribution in [1.82, 2.24) is 10.3 Å². The van der Waals surface area contributed by atoms with E-state index in [0.29, 0.717) is 19.8 Å². The number of aromatic nitrogens is 1. The number of para-hydroxylation sites is 1. The van der Waals surface area contributed by atoms with Crippen molar-refractivity contribution in [2.45, 2.75) is 89.1 Å². The maximum atomic E-state index is 13.0. The standard InChI is InChI=1S/C44H52N2O7/c1-3-53-44(37-28-46-38-25-15-14-24-36(37)38)42(48)40(49-27-17-7-16-26-45-32(2)47)39(50-29-33-18-8-4-9-19-33)41(51-30-34-20-10-5-11-21-34)43(44)52-31-35-22-12-6-13-23-35/h4-6,8-15,18-25,28,39-43,46,48H,3,7,16-17,26-27,29-31H2,1-2H3,(H,45,47). The van der Waals surface area contributed by atoms with Crippen LogP contribution in [0.1, 0.15) is 55.4 Å². The number of unbranched alkanes of at least 4 members (excludes halogenated alkanes) is 2. The minimum atomic E-state index is -1.42. The van der Waals surface area contributed by atoms with Gasteiger partial charge in [0.1, 0.15) is 30.5 Å². The van der Waals surface area contributed by atoms with Gasteiger partial charge in [-0.3, -0.25) is 4.79 Å². The Bertz CT molecular complexity index is 1820. The Balaban J connectivity index is 1.43. The van der Waals surface area contributed by atoms with E-state index < -0.39 is 36.1 Å². The maximum absolute atomic E-state index is 13.0. The minimum Gasteiger partial charge on any atom is -0.387 e. The first-order valence-corrected chi connectivity index (χ1v) is 18.7. The fourth-order valence-electron chi connectivity index (χ4n) is 7.34. The van der Waals surface area contributed by atoms with Gasteiger partial charge < -0.3 is 39.1 Å². The van der Waals surface area contributed by atoms with Crippen LogP contribution in [0.2, 0.25) is 0 Å². The number of benzene rings is 4. The van der Waals surface area contributed by atoms with Crippen LogP contribution in [-0.2, 0) is 53.9 Å². The van der Waals surface area contributed by atoms with Crippen molar-refractivity contribution in [3.63, 3.8) is 0 Å². The average Bonchev–Trinajstić information content (AvgIpc) is 3.63. The highest BCUT2D eigenvalue weighted by Gasteiger charge is 2.64. The van der Waals surface area contributed by atoms with Crippen LogP contribution in [0.25, 0.3) is 10.9 Å². The zero-order valence-corrected chi connectivity index (χ0v) is 30.7. The van der Waals surface area contributed by atoms with Crippen LogP contribution in [0, 0.1) is 0 Å². The fourth-order valence-corrected chi connectivity index (χ4v) is 7.34. The van der Waals surface area contributed by atoms with Gasteiger partial charge >= 0.3 is 0 Å². The molecule has 1 amide bonds. The van der Waals surface area contributed by atoms with Gasteiger partial charge in [0.15, 0.2) is 5.60 Å². The molecule has 9 nitrogen and oxygen atoms in total. The number of aliphatic hydroxyl groups is 1. The topological polar surface area (TPSA) is 111 Å². The highest BCUT2D eigenvalue weighted by atomic mass is 16.6. The van der Waals surface area contributed by atoms with Crippen LogP contribution in [0.5, 0.6) is 0 Å². The predicted octanol–water partition coefficient (Wildman–Crippen LogP) is 7.22. The van der Waals surface area contributed by atoms with Gasteiger partial charge in [0.25, 0.3) is 0 Å². The number of nitrogens with one attached hydrogen (secondary N) is 2. The molecule has 280 valence electrons. The second-order valence-electron chi connectivity index (χ2n) is 13.5. The first kappa shape index (κ1) is 38.4. The van der Waals surface area contributed by atoms with Crippen molar-refractivity contribution in [3.05, 3.63) is 144 Å². The molecule has 0 saturated heterocycles. The van der Waals surface area contributed by atoms with E-state index in [-0.39, 0.29) is 25.7 Å². The van der Waals surface area contributed by atoms with E-state index in [0.717, 1.165) is 52.4 Å². The van der Waals surface area contributed by atoms with E-state index in [1.165, 1.54) is 6.92 Å². The third kappa shape index (κ3) is 9.42. The Labute approximate surface area is 312 Å². The number of hydrogen-bond acceptors (Lipinski definition) is 7. The summed E-state index contributed by atoms with van der Waals surface area (Å²) in [4.78, 5) is 14.8. The van der Waals surface area contributed by atoms with Gasteiger partial charge in [-0.25, -0.2) is 0 Å². The minimum absolute atomic E-state index is 0.0416. The monoisotopic (exact) mass is 720 g/mol. The summed E-state index contributed by atoms with van der Waals surface area (Å²) in [5.41, 5.74) is 3.21. The molecule has 1 aromatic heterocycles. The summed E-state index contributed by atoms with van der Waals surface area (Å²) in [5, 5.41) is 16.7. The number of aliphatic hydroxyl groups excluding tert-OH is 1. The van der Waals surface area contributed by atoms with Gasteiger partial charge in [-0.2, -0.15) is 0 Å². The zero-order valence-electron chi connectivity index (χ0n) is 30.7. The van der Waals surface area contributed by atoms with Crippen LogP contribution in [0.4, 0.5) is 0 Å². The molecule has 4 aromatic carbocycles. The molecular weight excluding hydrogens is 668 g/mol. The SMILES string of the molecule is CCOC1(c2c[nH]c3ccccc23)C(O)C(OCCCCCNC(C)=O)C(OCc2ccccc2)C(OCc2ccccc2)C1OCc1ccccc1. The highest BCUT2D eigenvalue weighted by Crippen LogP contribution is 2.48. The lowest BCUT2D eigenvalue weighted by Gasteiger charge is -2.55. The molecule has 0 radical (unpaired) electrons. The van der Waals surface area contributed by atoms with Gasteiger partial charge in [0, 0.05) is 49.3 Å². The first-order valence-electron chi connectivity index (χ1n) is 18.7. The summed E-state index contributed by atoms with van der Waals surface area (Å²) in [5.74, 6) is -0.0416. The van der Waals surface area contributed by atoms with Gasteiger partial charge in [0.05, 0.1) is 19.8 Å². The quantitative estimate of drug-likeness (QED) is 0.0773. The van der Waals surface area contributed by atoms with Gasteiger partial charge in [-0.05, 0) is 48.9 Å². The number of hydrogen-bond donors (Lipinski definition) is 3. The number of amides is 1. The number of H-pyrrole nitrogens is 1. The number of fused-ring (bicyclic) bond motifs is 1. The number of aromatic amines is 1. The molecule has 0 spiro atoms. The average molecular weight is 721 g/mol. The molecular formula is C44H52N2O7. The van der Waals surface area contributed by atoms with Crippen LogP contribution in [0.15, 0.2) is 121 Å². The molecule has 6 rings (SSSR count). The Morgan fingerprint density at radius 3 is 1.87 bits per heavy atom. The number of carbonyl (C=O) groups is 1. The molecule has 1 fully saturated rings. The third-order valence-corrected chi connectivity index (χ3v) is 9.86. The second-order valence-corrected chi connectivity index (χ2v) is 13.5. The molecule has 0 aliphatic heterocycles. The third-order valence-electron chi connectivity index (χ3n) is 9.86. The summed E-state index contributed by atoms with van der Waals surface area (Å²) in [6, 6.07) is 38.0. The van der Waals surface area contributed by atoms with E-state index in [2.05, 4.69) is 10.3 Å². The zero-order chi connectivity index (χ0) is 36.9. The van der Waals surface area contributed by atoms with Crippen molar-refractivity contribution in [2.24, 2.45) is 0 Å². The molecule has 1 aliphatic rings. The summed E-state index contributed by atoms with van der Waals surface area (Å²) in [6.07, 6.45) is -0.0871. The lowest BCUT2D eigenvalue weighted by molar-refractivity contribution is -0.321. The van der Waals surface area contributed by atoms with Gasteiger partial charge in [-0.1, -0.05) is 109 Å². The lowest BCUT2D eigenvalue weighted by atomic mass is 9.70. The normalized spacial score (nSPS) is 22.9. The lowest BCUT2D eigenvalue weighted by Crippen LogP contribution is -2.71. The molecule has 3 N–H and O–H groups in total. The Morgan fingerprint density at radius 1 is 0.698 bits per heavy atom. The highest BCUT2D eigenvalue weighted by molar-refractivity contribution is 5.84. The Hall–Kier alpha value is -4.35. The maximum Gasteiger partial charge on any atom is 0.216 e. The molecule has 1 saturated carbocycles. The summed E-state index contributed by atoms with van der Waals surface area (Å²) in [7, 11) is 0. The van der Waals surface area contributed by atoms with Crippen molar-refractivity contribution in [3.8, 4) is 0 Å². The van der Waals surface area contributed by atoms with E-state index in [1.54, 1.807) is 0 Å². The molecule has 0 bridgehead atoms. The van der Waals surface area contributed by atoms with E-state index >= 15 is 0 Å². The largest absolute Gasteiger partial charge is 0.387 e. The Morgan fingerprint density at radius 2 is 1.26 bits per heavy atom. The molecule has 5 aromatic rings. The number of carbonyl (C=O) groups excluding carboxylic acids is 1. The molecule has 53 heavy (non-hydrogen) atoms. The van der Waals surface area contributed by atoms with Gasteiger partial charge in [-0.15, -0.1) is 0 Å². The van der Waals surface area contributed by atoms with E-state index in [9.17, 15) is 9.90 Å². The van der Waals surface area contributed by atoms with E-state index in [1.807, 2.05) is 128 Å². The first-order chi connectivity index (χ1) is 26.0. The summed E-state index contributed by atoms with van der Waals surface area (Å²) in [6.45, 7) is 5.53. The van der Waals surface area contributed by atoms with Crippen LogP contribution in [-0.4, -0.2) is 66.3 Å². The van der Waals surface area contributed by atoms with Gasteiger partial charge in [0.2, 0.25) is 5.91 Å². The van der Waals surface area contributed by atoms with Crippen LogP contribution >= 0.6 is 0 Å². The van der Waals surface area contributed by atoms with Crippen molar-refractivity contribution in [1.29, 1.82) is 0 Å². The van der Waals surface area contributed by atoms with E-state index in [4.69, 9.17) is 23.7 Å². The van der Waals surface area contributed by atoms with Crippen LogP contribution < -0.4 is 5.32 Å². The number of rotatable bonds is 19. The fraction of sp³-hybridized carbons (Fsp3) is 0.386. The molecule has 6 atom stereocenters. The van der Waals surface area contributed by atoms with Crippen molar-refractivity contribution in [2.75, 3.05) is 19.8 Å². The van der Waals surface area contributed by atoms with Crippen molar-refractivity contribution >= 4 is 16.8 Å². The van der Waals surface area contributed by atoms with Crippen molar-refractivity contribution < 1.29 is 33.6 Å². The molecule has 9 heteroatoms. The molecule has 1 aliphatic carbocycles. The smallest absolute Gasteiger partial charge is 0.216 e. The number of ether oxygens (including phenoxy) is 5. The predicted molar refractivity (Wildman–Crippen MR) is 205 cm³/mol. The summed E-state index contributed by atoms with van der Waals surface area (Å²) >= 11 is 0. The van der Waals surface area contributed by atoms with Crippen LogP contribution in [0.3, 0.4) is 0 Å². The second kappa shape index (κ2) is 19.1. The Kier molecular flexibility index (Phi) is 13.8. The molecule has 6 unspecified atom stereocenters. The summed E-state index contributed by atoms with van der Waals surface area (Å²) < 4.78 is 34.4. The molecule has 1 heterocycles.